The van der Waals surface area contributed by atoms with Crippen molar-refractivity contribution in [3.05, 3.63) is 84.4 Å². The van der Waals surface area contributed by atoms with E-state index in [4.69, 9.17) is 14.2 Å². The van der Waals surface area contributed by atoms with Gasteiger partial charge in [-0.1, -0.05) is 36.4 Å². The Labute approximate surface area is 183 Å². The molecule has 162 valence electrons. The molecule has 6 heteroatoms. The van der Waals surface area contributed by atoms with Gasteiger partial charge in [0.25, 0.3) is 0 Å². The Morgan fingerprint density at radius 2 is 1.61 bits per heavy atom. The molecule has 3 aromatic rings. The summed E-state index contributed by atoms with van der Waals surface area (Å²) in [5.41, 5.74) is 2.63. The fourth-order valence-electron chi connectivity index (χ4n) is 2.82. The summed E-state index contributed by atoms with van der Waals surface area (Å²) < 4.78 is 16.6. The molecule has 3 rings (SSSR count). The third-order valence-corrected chi connectivity index (χ3v) is 4.37. The van der Waals surface area contributed by atoms with Crippen molar-refractivity contribution in [2.45, 2.75) is 13.5 Å². The monoisotopic (exact) mass is 420 g/mol. The van der Waals surface area contributed by atoms with Crippen LogP contribution in [-0.4, -0.2) is 32.3 Å². The highest BCUT2D eigenvalue weighted by atomic mass is 16.5. The van der Waals surface area contributed by atoms with Gasteiger partial charge in [0.05, 0.1) is 13.2 Å². The summed E-state index contributed by atoms with van der Waals surface area (Å²) in [5, 5.41) is 5.99. The number of hydrogen-bond donors (Lipinski definition) is 2. The summed E-state index contributed by atoms with van der Waals surface area (Å²) in [7, 11) is 0. The van der Waals surface area contributed by atoms with Crippen LogP contribution in [0.5, 0.6) is 11.5 Å². The number of anilines is 2. The first-order valence-corrected chi connectivity index (χ1v) is 10.3. The highest BCUT2D eigenvalue weighted by Crippen LogP contribution is 2.19. The molecule has 0 atom stereocenters. The second kappa shape index (κ2) is 12.2. The zero-order valence-corrected chi connectivity index (χ0v) is 17.7. The first kappa shape index (κ1) is 22.2. The molecule has 0 heterocycles. The van der Waals surface area contributed by atoms with Crippen molar-refractivity contribution < 1.29 is 19.0 Å². The predicted molar refractivity (Wildman–Crippen MR) is 123 cm³/mol. The van der Waals surface area contributed by atoms with Gasteiger partial charge in [0.15, 0.2) is 0 Å². The van der Waals surface area contributed by atoms with Gasteiger partial charge in [-0.3, -0.25) is 4.79 Å². The van der Waals surface area contributed by atoms with Crippen molar-refractivity contribution in [3.63, 3.8) is 0 Å². The van der Waals surface area contributed by atoms with Gasteiger partial charge in [-0.15, -0.1) is 0 Å². The van der Waals surface area contributed by atoms with Gasteiger partial charge in [0.2, 0.25) is 5.91 Å². The van der Waals surface area contributed by atoms with Gasteiger partial charge in [0.1, 0.15) is 24.7 Å². The average molecular weight is 421 g/mol. The molecule has 0 saturated carbocycles. The molecule has 3 aromatic carbocycles. The second-order valence-electron chi connectivity index (χ2n) is 6.77. The number of carbonyl (C=O) groups excluding carboxylic acids is 1. The number of carbonyl (C=O) groups is 1. The standard InChI is InChI=1S/C25H28N2O4/c1-2-29-15-16-30-23-13-11-21(12-14-23)27-25(28)18-26-22-9-6-10-24(17-22)31-19-20-7-4-3-5-8-20/h3-14,17,26H,2,15-16,18-19H2,1H3,(H,27,28). The van der Waals surface area contributed by atoms with Crippen molar-refractivity contribution in [2.24, 2.45) is 0 Å². The van der Waals surface area contributed by atoms with Crippen LogP contribution in [0, 0.1) is 0 Å². The second-order valence-corrected chi connectivity index (χ2v) is 6.77. The van der Waals surface area contributed by atoms with Gasteiger partial charge in [-0.05, 0) is 48.9 Å². The summed E-state index contributed by atoms with van der Waals surface area (Å²) in [4.78, 5) is 12.3. The highest BCUT2D eigenvalue weighted by Gasteiger charge is 2.04. The Morgan fingerprint density at radius 3 is 2.39 bits per heavy atom. The van der Waals surface area contributed by atoms with Crippen LogP contribution in [-0.2, 0) is 16.1 Å². The van der Waals surface area contributed by atoms with E-state index in [2.05, 4.69) is 10.6 Å². The van der Waals surface area contributed by atoms with E-state index >= 15 is 0 Å². The summed E-state index contributed by atoms with van der Waals surface area (Å²) in [6.45, 7) is 4.32. The molecule has 0 unspecified atom stereocenters. The molecular weight excluding hydrogens is 392 g/mol. The molecule has 0 saturated heterocycles. The number of rotatable bonds is 12. The molecule has 0 spiro atoms. The molecule has 0 fully saturated rings. The van der Waals surface area contributed by atoms with Gasteiger partial charge in [-0.25, -0.2) is 0 Å². The van der Waals surface area contributed by atoms with E-state index in [0.717, 1.165) is 22.7 Å². The topological polar surface area (TPSA) is 68.8 Å². The van der Waals surface area contributed by atoms with Crippen LogP contribution in [0.15, 0.2) is 78.9 Å². The van der Waals surface area contributed by atoms with E-state index in [1.54, 1.807) is 0 Å². The lowest BCUT2D eigenvalue weighted by atomic mass is 10.2. The number of ether oxygens (including phenoxy) is 3. The molecule has 1 amide bonds. The van der Waals surface area contributed by atoms with Crippen LogP contribution in [0.3, 0.4) is 0 Å². The molecule has 2 N–H and O–H groups in total. The van der Waals surface area contributed by atoms with E-state index in [-0.39, 0.29) is 12.5 Å². The van der Waals surface area contributed by atoms with E-state index in [1.807, 2.05) is 85.8 Å². The predicted octanol–water partition coefficient (Wildman–Crippen LogP) is 4.73. The summed E-state index contributed by atoms with van der Waals surface area (Å²) in [6.07, 6.45) is 0. The normalized spacial score (nSPS) is 10.4. The minimum Gasteiger partial charge on any atom is -0.491 e. The van der Waals surface area contributed by atoms with Crippen LogP contribution in [0.25, 0.3) is 0 Å². The number of amides is 1. The fourth-order valence-corrected chi connectivity index (χ4v) is 2.82. The molecule has 0 aliphatic carbocycles. The Bertz CT molecular complexity index is 930. The maximum absolute atomic E-state index is 12.3. The van der Waals surface area contributed by atoms with Crippen molar-refractivity contribution in [2.75, 3.05) is 37.0 Å². The van der Waals surface area contributed by atoms with Crippen molar-refractivity contribution in [3.8, 4) is 11.5 Å². The molecule has 0 aliphatic heterocycles. The van der Waals surface area contributed by atoms with E-state index < -0.39 is 0 Å². The Morgan fingerprint density at radius 1 is 0.806 bits per heavy atom. The molecule has 0 aromatic heterocycles. The molecule has 0 aliphatic rings. The lowest BCUT2D eigenvalue weighted by molar-refractivity contribution is -0.114. The minimum absolute atomic E-state index is 0.138. The highest BCUT2D eigenvalue weighted by molar-refractivity contribution is 5.93. The third kappa shape index (κ3) is 8.03. The molecule has 31 heavy (non-hydrogen) atoms. The smallest absolute Gasteiger partial charge is 0.243 e. The Hall–Kier alpha value is -3.51. The minimum atomic E-state index is -0.138. The lowest BCUT2D eigenvalue weighted by Gasteiger charge is -2.11. The quantitative estimate of drug-likeness (QED) is 0.415. The van der Waals surface area contributed by atoms with Crippen LogP contribution in [0.1, 0.15) is 12.5 Å². The van der Waals surface area contributed by atoms with Gasteiger partial charge >= 0.3 is 0 Å². The van der Waals surface area contributed by atoms with Gasteiger partial charge in [0, 0.05) is 24.0 Å². The zero-order chi connectivity index (χ0) is 21.7. The number of nitrogens with one attached hydrogen (secondary N) is 2. The van der Waals surface area contributed by atoms with Crippen LogP contribution in [0.2, 0.25) is 0 Å². The van der Waals surface area contributed by atoms with Crippen molar-refractivity contribution in [1.29, 1.82) is 0 Å². The Kier molecular flexibility index (Phi) is 8.76. The fraction of sp³-hybridized carbons (Fsp3) is 0.240. The molecule has 0 radical (unpaired) electrons. The first-order chi connectivity index (χ1) is 15.2. The molecular formula is C25H28N2O4. The van der Waals surface area contributed by atoms with Crippen LogP contribution >= 0.6 is 0 Å². The SMILES string of the molecule is CCOCCOc1ccc(NC(=O)CNc2cccc(OCc3ccccc3)c2)cc1. The number of benzene rings is 3. The first-order valence-electron chi connectivity index (χ1n) is 10.3. The van der Waals surface area contributed by atoms with E-state index in [0.29, 0.717) is 32.1 Å². The maximum Gasteiger partial charge on any atom is 0.243 e. The maximum atomic E-state index is 12.3. The van der Waals surface area contributed by atoms with Gasteiger partial charge < -0.3 is 24.8 Å². The van der Waals surface area contributed by atoms with E-state index in [9.17, 15) is 4.79 Å². The third-order valence-electron chi connectivity index (χ3n) is 4.37. The van der Waals surface area contributed by atoms with Crippen LogP contribution in [0.4, 0.5) is 11.4 Å². The van der Waals surface area contributed by atoms with Crippen molar-refractivity contribution in [1.82, 2.24) is 0 Å². The lowest BCUT2D eigenvalue weighted by Crippen LogP contribution is -2.21. The summed E-state index contributed by atoms with van der Waals surface area (Å²) in [6, 6.07) is 24.8. The number of hydrogen-bond acceptors (Lipinski definition) is 5. The van der Waals surface area contributed by atoms with Crippen LogP contribution < -0.4 is 20.1 Å². The molecule has 6 nitrogen and oxygen atoms in total. The van der Waals surface area contributed by atoms with Crippen molar-refractivity contribution >= 4 is 17.3 Å². The Balaban J connectivity index is 1.42. The van der Waals surface area contributed by atoms with Gasteiger partial charge in [-0.2, -0.15) is 0 Å². The zero-order valence-electron chi connectivity index (χ0n) is 17.7. The summed E-state index contributed by atoms with van der Waals surface area (Å²) in [5.74, 6) is 1.35. The largest absolute Gasteiger partial charge is 0.491 e. The van der Waals surface area contributed by atoms with E-state index in [1.165, 1.54) is 0 Å². The molecule has 0 bridgehead atoms. The summed E-state index contributed by atoms with van der Waals surface area (Å²) >= 11 is 0. The average Bonchev–Trinajstić information content (AvgIpc) is 2.81.